The predicted molar refractivity (Wildman–Crippen MR) is 79.5 cm³/mol. The van der Waals surface area contributed by atoms with Gasteiger partial charge >= 0.3 is 0 Å². The number of methoxy groups -OCH3 is 2. The van der Waals surface area contributed by atoms with Crippen LogP contribution in [0.1, 0.15) is 18.5 Å². The molecule has 0 aromatic carbocycles. The summed E-state index contributed by atoms with van der Waals surface area (Å²) in [6.07, 6.45) is 4.48. The lowest BCUT2D eigenvalue weighted by Crippen LogP contribution is -2.34. The van der Waals surface area contributed by atoms with E-state index < -0.39 is 0 Å². The van der Waals surface area contributed by atoms with Crippen molar-refractivity contribution in [1.29, 1.82) is 0 Å². The molecule has 5 nitrogen and oxygen atoms in total. The number of ether oxygens (including phenoxy) is 2. The van der Waals surface area contributed by atoms with E-state index in [1.165, 1.54) is 25.9 Å². The second-order valence-corrected chi connectivity index (χ2v) is 6.36. The topological polar surface area (TPSA) is 46.6 Å². The second-order valence-electron chi connectivity index (χ2n) is 6.36. The molecule has 0 amide bonds. The molecule has 0 unspecified atom stereocenters. The van der Waals surface area contributed by atoms with Crippen LogP contribution in [0.4, 0.5) is 0 Å². The van der Waals surface area contributed by atoms with Crippen LogP contribution in [0.15, 0.2) is 12.3 Å². The van der Waals surface area contributed by atoms with Crippen molar-refractivity contribution in [1.82, 2.24) is 15.2 Å². The van der Waals surface area contributed by atoms with Crippen molar-refractivity contribution in [2.45, 2.75) is 31.5 Å². The zero-order valence-electron chi connectivity index (χ0n) is 12.7. The van der Waals surface area contributed by atoms with Gasteiger partial charge in [-0.1, -0.05) is 0 Å². The third kappa shape index (κ3) is 1.94. The monoisotopic (exact) mass is 289 g/mol. The molecule has 3 saturated heterocycles. The molecule has 5 heteroatoms. The Kier molecular flexibility index (Phi) is 3.27. The molecular formula is C16H23N3O2. The summed E-state index contributed by atoms with van der Waals surface area (Å²) in [4.78, 5) is 7.22. The van der Waals surface area contributed by atoms with Gasteiger partial charge in [0.05, 0.1) is 14.2 Å². The van der Waals surface area contributed by atoms with Crippen molar-refractivity contribution in [3.8, 4) is 11.5 Å². The van der Waals surface area contributed by atoms with E-state index in [-0.39, 0.29) is 0 Å². The van der Waals surface area contributed by atoms with Crippen LogP contribution in [-0.2, 0) is 6.54 Å². The van der Waals surface area contributed by atoms with Crippen molar-refractivity contribution < 1.29 is 9.47 Å². The smallest absolute Gasteiger partial charge is 0.183 e. The Morgan fingerprint density at radius 3 is 2.52 bits per heavy atom. The summed E-state index contributed by atoms with van der Waals surface area (Å²) < 4.78 is 10.9. The number of rotatable bonds is 4. The van der Waals surface area contributed by atoms with Crippen LogP contribution in [-0.4, -0.2) is 49.3 Å². The molecule has 4 rings (SSSR count). The van der Waals surface area contributed by atoms with Crippen molar-refractivity contribution in [3.05, 3.63) is 18.0 Å². The highest BCUT2D eigenvalue weighted by Gasteiger charge is 2.54. The summed E-state index contributed by atoms with van der Waals surface area (Å²) in [6, 6.07) is 3.29. The fraction of sp³-hybridized carbons (Fsp3) is 0.688. The van der Waals surface area contributed by atoms with E-state index >= 15 is 0 Å². The van der Waals surface area contributed by atoms with Crippen LogP contribution in [0.3, 0.4) is 0 Å². The maximum Gasteiger partial charge on any atom is 0.183 e. The van der Waals surface area contributed by atoms with Gasteiger partial charge in [-0.05, 0) is 37.8 Å². The first kappa shape index (κ1) is 13.3. The lowest BCUT2D eigenvalue weighted by atomic mass is 9.82. The van der Waals surface area contributed by atoms with Gasteiger partial charge in [-0.25, -0.2) is 0 Å². The van der Waals surface area contributed by atoms with Gasteiger partial charge in [0.25, 0.3) is 0 Å². The van der Waals surface area contributed by atoms with Crippen LogP contribution in [0.5, 0.6) is 11.5 Å². The summed E-state index contributed by atoms with van der Waals surface area (Å²) >= 11 is 0. The summed E-state index contributed by atoms with van der Waals surface area (Å²) in [5.74, 6) is 3.23. The molecule has 1 aromatic rings. The molecule has 0 aliphatic carbocycles. The van der Waals surface area contributed by atoms with Gasteiger partial charge < -0.3 is 14.8 Å². The summed E-state index contributed by atoms with van der Waals surface area (Å²) in [5.41, 5.74) is 1.00. The van der Waals surface area contributed by atoms with Crippen molar-refractivity contribution in [3.63, 3.8) is 0 Å². The largest absolute Gasteiger partial charge is 0.493 e. The molecule has 3 aliphatic rings. The van der Waals surface area contributed by atoms with Crippen molar-refractivity contribution in [2.75, 3.05) is 27.3 Å². The summed E-state index contributed by atoms with van der Waals surface area (Å²) in [7, 11) is 3.37. The van der Waals surface area contributed by atoms with Gasteiger partial charge in [0.2, 0.25) is 0 Å². The van der Waals surface area contributed by atoms with E-state index in [2.05, 4.69) is 15.2 Å². The Morgan fingerprint density at radius 2 is 1.90 bits per heavy atom. The molecule has 0 radical (unpaired) electrons. The zero-order chi connectivity index (χ0) is 14.4. The minimum Gasteiger partial charge on any atom is -0.493 e. The summed E-state index contributed by atoms with van der Waals surface area (Å²) in [5, 5.41) is 3.56. The minimum atomic E-state index is 0.715. The van der Waals surface area contributed by atoms with Crippen LogP contribution in [0, 0.1) is 11.8 Å². The lowest BCUT2D eigenvalue weighted by Gasteiger charge is -2.25. The van der Waals surface area contributed by atoms with Gasteiger partial charge in [-0.3, -0.25) is 9.88 Å². The fourth-order valence-corrected chi connectivity index (χ4v) is 4.77. The highest BCUT2D eigenvalue weighted by molar-refractivity contribution is 5.42. The first-order valence-electron chi connectivity index (χ1n) is 7.85. The molecule has 21 heavy (non-hydrogen) atoms. The molecule has 0 spiro atoms. The third-order valence-corrected chi connectivity index (χ3v) is 5.61. The highest BCUT2D eigenvalue weighted by atomic mass is 16.5. The molecule has 1 N–H and O–H groups in total. The molecule has 3 aliphatic heterocycles. The van der Waals surface area contributed by atoms with E-state index in [9.17, 15) is 0 Å². The van der Waals surface area contributed by atoms with Crippen molar-refractivity contribution in [2.24, 2.45) is 11.8 Å². The van der Waals surface area contributed by atoms with E-state index in [0.717, 1.165) is 35.6 Å². The Hall–Kier alpha value is -1.33. The molecule has 114 valence electrons. The normalized spacial score (nSPS) is 34.2. The average Bonchev–Trinajstić information content (AvgIpc) is 3.19. The van der Waals surface area contributed by atoms with Crippen LogP contribution >= 0.6 is 0 Å². The molecular weight excluding hydrogens is 266 g/mol. The SMILES string of the molecule is COc1ccnc(CN2[C@@H]3CC[C@H]2[C@H]2CNC[C@H]23)c1OC. The Balaban J connectivity index is 1.60. The third-order valence-electron chi connectivity index (χ3n) is 5.61. The number of aromatic nitrogens is 1. The van der Waals surface area contributed by atoms with E-state index in [1.54, 1.807) is 14.2 Å². The highest BCUT2D eigenvalue weighted by Crippen LogP contribution is 2.48. The zero-order valence-corrected chi connectivity index (χ0v) is 12.7. The van der Waals surface area contributed by atoms with Crippen molar-refractivity contribution >= 4 is 0 Å². The Bertz CT molecular complexity index is 518. The van der Waals surface area contributed by atoms with Crippen LogP contribution < -0.4 is 14.8 Å². The lowest BCUT2D eigenvalue weighted by molar-refractivity contribution is 0.211. The maximum absolute atomic E-state index is 5.54. The number of pyridine rings is 1. The van der Waals surface area contributed by atoms with Gasteiger partial charge in [0, 0.05) is 30.9 Å². The number of hydrogen-bond acceptors (Lipinski definition) is 5. The average molecular weight is 289 g/mol. The number of nitrogens with one attached hydrogen (secondary N) is 1. The molecule has 4 heterocycles. The molecule has 2 bridgehead atoms. The van der Waals surface area contributed by atoms with Gasteiger partial charge in [-0.15, -0.1) is 0 Å². The standard InChI is InChI=1S/C16H23N3O2/c1-20-15-5-6-18-12(16(15)21-2)9-19-13-3-4-14(19)11-8-17-7-10(11)13/h5-6,10-11,13-14,17H,3-4,7-9H2,1-2H3/t10-,11+,13-,14+. The second kappa shape index (κ2) is 5.14. The fourth-order valence-electron chi connectivity index (χ4n) is 4.77. The van der Waals surface area contributed by atoms with E-state index in [4.69, 9.17) is 9.47 Å². The van der Waals surface area contributed by atoms with Gasteiger partial charge in [0.15, 0.2) is 11.5 Å². The van der Waals surface area contributed by atoms with E-state index in [0.29, 0.717) is 12.1 Å². The number of nitrogens with zero attached hydrogens (tertiary/aromatic N) is 2. The molecule has 0 saturated carbocycles. The molecule has 1 aromatic heterocycles. The number of fused-ring (bicyclic) bond motifs is 5. The van der Waals surface area contributed by atoms with Gasteiger partial charge in [-0.2, -0.15) is 0 Å². The van der Waals surface area contributed by atoms with Crippen LogP contribution in [0.25, 0.3) is 0 Å². The molecule has 4 atom stereocenters. The summed E-state index contributed by atoms with van der Waals surface area (Å²) in [6.45, 7) is 3.25. The molecule has 3 fully saturated rings. The first-order valence-corrected chi connectivity index (χ1v) is 7.85. The number of hydrogen-bond donors (Lipinski definition) is 1. The first-order chi connectivity index (χ1) is 10.3. The van der Waals surface area contributed by atoms with Gasteiger partial charge in [0.1, 0.15) is 5.69 Å². The quantitative estimate of drug-likeness (QED) is 0.905. The maximum atomic E-state index is 5.54. The van der Waals surface area contributed by atoms with Crippen LogP contribution in [0.2, 0.25) is 0 Å². The van der Waals surface area contributed by atoms with E-state index in [1.807, 2.05) is 12.3 Å². The Morgan fingerprint density at radius 1 is 1.19 bits per heavy atom. The minimum absolute atomic E-state index is 0.715. The predicted octanol–water partition coefficient (Wildman–Crippen LogP) is 1.28. The Labute approximate surface area is 125 Å².